The highest BCUT2D eigenvalue weighted by molar-refractivity contribution is 5.64. The van der Waals surface area contributed by atoms with E-state index >= 15 is 0 Å². The first-order chi connectivity index (χ1) is 9.78. The van der Waals surface area contributed by atoms with Gasteiger partial charge in [0.15, 0.2) is 5.82 Å². The van der Waals surface area contributed by atoms with Gasteiger partial charge >= 0.3 is 0 Å². The lowest BCUT2D eigenvalue weighted by Crippen LogP contribution is -2.08. The molecule has 0 saturated carbocycles. The van der Waals surface area contributed by atoms with Gasteiger partial charge in [0.1, 0.15) is 18.4 Å². The van der Waals surface area contributed by atoms with Crippen molar-refractivity contribution in [2.45, 2.75) is 0 Å². The molecule has 2 N–H and O–H groups in total. The van der Waals surface area contributed by atoms with Crippen molar-refractivity contribution in [3.63, 3.8) is 0 Å². The van der Waals surface area contributed by atoms with Gasteiger partial charge in [0.05, 0.1) is 12.7 Å². The number of aromatic nitrogens is 6. The molecule has 20 heavy (non-hydrogen) atoms. The van der Waals surface area contributed by atoms with E-state index in [1.165, 1.54) is 17.3 Å². The number of nitrogens with two attached hydrogens (primary N) is 1. The predicted octanol–water partition coefficient (Wildman–Crippen LogP) is 0.710. The van der Waals surface area contributed by atoms with Gasteiger partial charge in [-0.05, 0) is 12.1 Å². The molecule has 0 radical (unpaired) electrons. The summed E-state index contributed by atoms with van der Waals surface area (Å²) in [6, 6.07) is 7.40. The van der Waals surface area contributed by atoms with Crippen molar-refractivity contribution in [2.75, 3.05) is 12.8 Å². The van der Waals surface area contributed by atoms with Crippen LogP contribution in [0.1, 0.15) is 0 Å². The molecule has 0 unspecified atom stereocenters. The SMILES string of the molecule is COc1ccccc1-c1nc(N)nc(-n2cncn2)n1. The zero-order valence-electron chi connectivity index (χ0n) is 10.6. The van der Waals surface area contributed by atoms with Crippen molar-refractivity contribution >= 4 is 5.95 Å². The van der Waals surface area contributed by atoms with Crippen molar-refractivity contribution < 1.29 is 4.74 Å². The summed E-state index contributed by atoms with van der Waals surface area (Å²) in [5, 5.41) is 3.97. The molecule has 2 heterocycles. The van der Waals surface area contributed by atoms with E-state index in [2.05, 4.69) is 25.0 Å². The largest absolute Gasteiger partial charge is 0.496 e. The van der Waals surface area contributed by atoms with E-state index in [1.54, 1.807) is 7.11 Å². The van der Waals surface area contributed by atoms with E-state index in [0.29, 0.717) is 17.5 Å². The van der Waals surface area contributed by atoms with E-state index in [0.717, 1.165) is 5.56 Å². The lowest BCUT2D eigenvalue weighted by molar-refractivity contribution is 0.416. The molecule has 1 aromatic carbocycles. The summed E-state index contributed by atoms with van der Waals surface area (Å²) in [6.45, 7) is 0. The van der Waals surface area contributed by atoms with Crippen LogP contribution in [0.5, 0.6) is 5.75 Å². The number of rotatable bonds is 3. The van der Waals surface area contributed by atoms with Crippen LogP contribution in [0.4, 0.5) is 5.95 Å². The zero-order chi connectivity index (χ0) is 13.9. The first-order valence-corrected chi connectivity index (χ1v) is 5.78. The number of methoxy groups -OCH3 is 1. The number of ether oxygens (including phenoxy) is 1. The number of benzene rings is 1. The number of para-hydroxylation sites is 1. The van der Waals surface area contributed by atoms with Crippen LogP contribution in [0.25, 0.3) is 17.3 Å². The number of nitrogen functional groups attached to an aromatic ring is 1. The fourth-order valence-electron chi connectivity index (χ4n) is 1.74. The summed E-state index contributed by atoms with van der Waals surface area (Å²) in [6.07, 6.45) is 2.88. The molecule has 0 fully saturated rings. The van der Waals surface area contributed by atoms with E-state index in [9.17, 15) is 0 Å². The molecule has 8 heteroatoms. The Morgan fingerprint density at radius 1 is 1.15 bits per heavy atom. The molecule has 8 nitrogen and oxygen atoms in total. The topological polar surface area (TPSA) is 105 Å². The fourth-order valence-corrected chi connectivity index (χ4v) is 1.74. The number of nitrogens with zero attached hydrogens (tertiary/aromatic N) is 6. The molecule has 0 spiro atoms. The summed E-state index contributed by atoms with van der Waals surface area (Å²) < 4.78 is 6.71. The Labute approximate surface area is 114 Å². The molecule has 0 saturated heterocycles. The van der Waals surface area contributed by atoms with E-state index in [4.69, 9.17) is 10.5 Å². The normalized spacial score (nSPS) is 10.4. The van der Waals surface area contributed by atoms with Gasteiger partial charge in [-0.2, -0.15) is 24.7 Å². The van der Waals surface area contributed by atoms with E-state index in [-0.39, 0.29) is 5.95 Å². The second kappa shape index (κ2) is 4.92. The van der Waals surface area contributed by atoms with Gasteiger partial charge < -0.3 is 10.5 Å². The maximum Gasteiger partial charge on any atom is 0.257 e. The number of anilines is 1. The first kappa shape index (κ1) is 12.0. The molecule has 100 valence electrons. The van der Waals surface area contributed by atoms with Gasteiger partial charge in [-0.1, -0.05) is 12.1 Å². The van der Waals surface area contributed by atoms with Crippen LogP contribution in [0.15, 0.2) is 36.9 Å². The van der Waals surface area contributed by atoms with Gasteiger partial charge in [0, 0.05) is 0 Å². The molecule has 0 aliphatic heterocycles. The van der Waals surface area contributed by atoms with Gasteiger partial charge in [-0.15, -0.1) is 0 Å². The summed E-state index contributed by atoms with van der Waals surface area (Å²) in [5.74, 6) is 1.48. The highest BCUT2D eigenvalue weighted by Crippen LogP contribution is 2.27. The monoisotopic (exact) mass is 269 g/mol. The molecule has 0 amide bonds. The lowest BCUT2D eigenvalue weighted by Gasteiger charge is -2.08. The average Bonchev–Trinajstić information content (AvgIpc) is 3.01. The van der Waals surface area contributed by atoms with Crippen molar-refractivity contribution in [1.82, 2.24) is 29.7 Å². The van der Waals surface area contributed by atoms with E-state index in [1.807, 2.05) is 24.3 Å². The van der Waals surface area contributed by atoms with Crippen molar-refractivity contribution in [3.05, 3.63) is 36.9 Å². The maximum absolute atomic E-state index is 5.73. The lowest BCUT2D eigenvalue weighted by atomic mass is 10.2. The smallest absolute Gasteiger partial charge is 0.257 e. The Kier molecular flexibility index (Phi) is 2.96. The first-order valence-electron chi connectivity index (χ1n) is 5.78. The highest BCUT2D eigenvalue weighted by atomic mass is 16.5. The molecular formula is C12H11N7O. The summed E-state index contributed by atoms with van der Waals surface area (Å²) in [7, 11) is 1.59. The third-order valence-corrected chi connectivity index (χ3v) is 2.61. The Morgan fingerprint density at radius 2 is 2.00 bits per heavy atom. The summed E-state index contributed by atoms with van der Waals surface area (Å²) in [5.41, 5.74) is 6.46. The Hall–Kier alpha value is -3.03. The molecule has 0 aliphatic rings. The van der Waals surface area contributed by atoms with Gasteiger partial charge in [-0.3, -0.25) is 0 Å². The van der Waals surface area contributed by atoms with Crippen LogP contribution in [-0.2, 0) is 0 Å². The van der Waals surface area contributed by atoms with Crippen LogP contribution in [-0.4, -0.2) is 36.8 Å². The molecule has 2 aromatic heterocycles. The molecule has 0 bridgehead atoms. The highest BCUT2D eigenvalue weighted by Gasteiger charge is 2.12. The van der Waals surface area contributed by atoms with Crippen molar-refractivity contribution in [1.29, 1.82) is 0 Å². The molecular weight excluding hydrogens is 258 g/mol. The third kappa shape index (κ3) is 2.14. The molecule has 0 aliphatic carbocycles. The zero-order valence-corrected chi connectivity index (χ0v) is 10.6. The van der Waals surface area contributed by atoms with Gasteiger partial charge in [0.25, 0.3) is 5.95 Å². The van der Waals surface area contributed by atoms with Crippen molar-refractivity contribution in [3.8, 4) is 23.1 Å². The van der Waals surface area contributed by atoms with Gasteiger partial charge in [0.2, 0.25) is 5.95 Å². The Balaban J connectivity index is 2.15. The third-order valence-electron chi connectivity index (χ3n) is 2.61. The molecule has 3 rings (SSSR count). The number of hydrogen-bond donors (Lipinski definition) is 1. The quantitative estimate of drug-likeness (QED) is 0.746. The van der Waals surface area contributed by atoms with Crippen LogP contribution in [0.2, 0.25) is 0 Å². The van der Waals surface area contributed by atoms with Crippen LogP contribution in [0, 0.1) is 0 Å². The van der Waals surface area contributed by atoms with Crippen LogP contribution in [0.3, 0.4) is 0 Å². The van der Waals surface area contributed by atoms with Crippen molar-refractivity contribution in [2.24, 2.45) is 0 Å². The predicted molar refractivity (Wildman–Crippen MR) is 71.1 cm³/mol. The van der Waals surface area contributed by atoms with E-state index < -0.39 is 0 Å². The Bertz CT molecular complexity index is 726. The minimum Gasteiger partial charge on any atom is -0.496 e. The fraction of sp³-hybridized carbons (Fsp3) is 0.0833. The van der Waals surface area contributed by atoms with Gasteiger partial charge in [-0.25, -0.2) is 4.98 Å². The van der Waals surface area contributed by atoms with Crippen LogP contribution < -0.4 is 10.5 Å². The van der Waals surface area contributed by atoms with Crippen LogP contribution >= 0.6 is 0 Å². The second-order valence-electron chi connectivity index (χ2n) is 3.86. The summed E-state index contributed by atoms with van der Waals surface area (Å²) in [4.78, 5) is 16.4. The Morgan fingerprint density at radius 3 is 2.75 bits per heavy atom. The summed E-state index contributed by atoms with van der Waals surface area (Å²) >= 11 is 0. The minimum absolute atomic E-state index is 0.103. The maximum atomic E-state index is 5.73. The average molecular weight is 269 g/mol. The standard InChI is InChI=1S/C12H11N7O/c1-20-9-5-3-2-4-8(9)10-16-11(13)18-12(17-10)19-7-14-6-15-19/h2-7H,1H3,(H2,13,16,17,18). The molecule has 3 aromatic rings. The second-order valence-corrected chi connectivity index (χ2v) is 3.86. The molecule has 0 atom stereocenters. The minimum atomic E-state index is 0.103. The number of hydrogen-bond acceptors (Lipinski definition) is 7.